The van der Waals surface area contributed by atoms with E-state index in [1.54, 1.807) is 0 Å². The molecular weight excluding hydrogens is 268 g/mol. The van der Waals surface area contributed by atoms with Crippen LogP contribution in [-0.2, 0) is 0 Å². The molecule has 0 saturated carbocycles. The first kappa shape index (κ1) is 16.4. The molecule has 0 bridgehead atoms. The van der Waals surface area contributed by atoms with E-state index in [1.165, 1.54) is 12.8 Å². The minimum Gasteiger partial charge on any atom is -0.424 e. The fourth-order valence-corrected chi connectivity index (χ4v) is 2.96. The Morgan fingerprint density at radius 1 is 1.33 bits per heavy atom. The minimum absolute atomic E-state index is 0.154. The Morgan fingerprint density at radius 2 is 2.00 bits per heavy atom. The minimum atomic E-state index is -0.231. The van der Waals surface area contributed by atoms with Gasteiger partial charge in [-0.2, -0.15) is 0 Å². The number of nitrogens with zero attached hydrogens (tertiary/aromatic N) is 4. The van der Waals surface area contributed by atoms with E-state index >= 15 is 0 Å². The highest BCUT2D eigenvalue weighted by atomic mass is 16.4. The van der Waals surface area contributed by atoms with Crippen LogP contribution in [0.1, 0.15) is 44.5 Å². The van der Waals surface area contributed by atoms with Crippen LogP contribution in [0.3, 0.4) is 0 Å². The van der Waals surface area contributed by atoms with Crippen molar-refractivity contribution in [2.24, 2.45) is 5.92 Å². The number of piperidine rings is 1. The first-order valence-electron chi connectivity index (χ1n) is 7.86. The van der Waals surface area contributed by atoms with Gasteiger partial charge < -0.3 is 14.4 Å². The van der Waals surface area contributed by atoms with Crippen molar-refractivity contribution in [1.29, 1.82) is 0 Å². The number of hydrogen-bond donors (Lipinski definition) is 1. The van der Waals surface area contributed by atoms with Crippen molar-refractivity contribution >= 4 is 0 Å². The van der Waals surface area contributed by atoms with Gasteiger partial charge in [-0.05, 0) is 52.7 Å². The molecule has 6 nitrogen and oxygen atoms in total. The van der Waals surface area contributed by atoms with E-state index in [-0.39, 0.29) is 12.1 Å². The summed E-state index contributed by atoms with van der Waals surface area (Å²) in [4.78, 5) is 4.65. The largest absolute Gasteiger partial charge is 0.424 e. The summed E-state index contributed by atoms with van der Waals surface area (Å²) in [6.45, 7) is 9.78. The maximum atomic E-state index is 9.44. The molecule has 0 spiro atoms. The number of aromatic nitrogens is 2. The molecule has 1 aliphatic rings. The summed E-state index contributed by atoms with van der Waals surface area (Å²) in [6, 6.07) is 0.154. The summed E-state index contributed by atoms with van der Waals surface area (Å²) in [5.41, 5.74) is 0. The molecule has 2 rings (SSSR count). The lowest BCUT2D eigenvalue weighted by molar-refractivity contribution is 0.0865. The van der Waals surface area contributed by atoms with Gasteiger partial charge in [0.05, 0.1) is 12.1 Å². The third-order valence-electron chi connectivity index (χ3n) is 4.34. The van der Waals surface area contributed by atoms with Crippen LogP contribution in [0.25, 0.3) is 0 Å². The first-order chi connectivity index (χ1) is 9.95. The monoisotopic (exact) mass is 296 g/mol. The maximum absolute atomic E-state index is 9.44. The molecule has 21 heavy (non-hydrogen) atoms. The van der Waals surface area contributed by atoms with E-state index in [0.29, 0.717) is 17.7 Å². The van der Waals surface area contributed by atoms with Gasteiger partial charge in [-0.3, -0.25) is 4.90 Å². The summed E-state index contributed by atoms with van der Waals surface area (Å²) in [7, 11) is 2.12. The lowest BCUT2D eigenvalue weighted by Crippen LogP contribution is -2.41. The van der Waals surface area contributed by atoms with E-state index in [1.807, 2.05) is 13.8 Å². The van der Waals surface area contributed by atoms with Gasteiger partial charge in [-0.25, -0.2) is 0 Å². The number of aliphatic hydroxyl groups is 1. The Morgan fingerprint density at radius 3 is 2.52 bits per heavy atom. The van der Waals surface area contributed by atoms with Crippen LogP contribution in [0.4, 0.5) is 0 Å². The molecule has 1 saturated heterocycles. The zero-order chi connectivity index (χ0) is 15.4. The second-order valence-corrected chi connectivity index (χ2v) is 6.37. The molecule has 2 atom stereocenters. The molecule has 2 heterocycles. The molecule has 6 heteroatoms. The van der Waals surface area contributed by atoms with Crippen LogP contribution in [0, 0.1) is 12.8 Å². The van der Waals surface area contributed by atoms with Gasteiger partial charge in [0, 0.05) is 20.0 Å². The molecular formula is C15H28N4O2. The fraction of sp³-hybridized carbons (Fsp3) is 0.867. The molecule has 1 aromatic rings. The van der Waals surface area contributed by atoms with Gasteiger partial charge in [0.25, 0.3) is 0 Å². The number of aryl methyl sites for hydroxylation is 1. The van der Waals surface area contributed by atoms with Crippen molar-refractivity contribution in [1.82, 2.24) is 20.0 Å². The van der Waals surface area contributed by atoms with Crippen molar-refractivity contribution in [3.05, 3.63) is 11.8 Å². The smallest absolute Gasteiger partial charge is 0.233 e. The highest BCUT2D eigenvalue weighted by Crippen LogP contribution is 2.23. The van der Waals surface area contributed by atoms with E-state index in [9.17, 15) is 5.11 Å². The van der Waals surface area contributed by atoms with Crippen molar-refractivity contribution in [2.75, 3.05) is 33.2 Å². The Labute approximate surface area is 127 Å². The summed E-state index contributed by atoms with van der Waals surface area (Å²) < 4.78 is 5.52. The van der Waals surface area contributed by atoms with Crippen molar-refractivity contribution in [3.63, 3.8) is 0 Å². The van der Waals surface area contributed by atoms with Crippen LogP contribution in [0.5, 0.6) is 0 Å². The van der Waals surface area contributed by atoms with Crippen LogP contribution >= 0.6 is 0 Å². The normalized spacial score (nSPS) is 20.9. The Kier molecular flexibility index (Phi) is 5.72. The van der Waals surface area contributed by atoms with Crippen molar-refractivity contribution in [3.8, 4) is 0 Å². The standard InChI is InChI=1S/C15H28N4O2/c1-11(20)9-19-7-5-14(6-8-19)10-18(4)12(2)15-17-16-13(3)21-15/h11-12,14,20H,5-10H2,1-4H3/t11-,12+/m0/s1. The average Bonchev–Trinajstić information content (AvgIpc) is 2.86. The summed E-state index contributed by atoms with van der Waals surface area (Å²) >= 11 is 0. The molecule has 120 valence electrons. The van der Waals surface area contributed by atoms with Gasteiger partial charge >= 0.3 is 0 Å². The molecule has 0 radical (unpaired) electrons. The van der Waals surface area contributed by atoms with Gasteiger partial charge in [0.15, 0.2) is 0 Å². The third kappa shape index (κ3) is 4.76. The molecule has 1 N–H and O–H groups in total. The van der Waals surface area contributed by atoms with Crippen LogP contribution in [0.2, 0.25) is 0 Å². The second-order valence-electron chi connectivity index (χ2n) is 6.37. The van der Waals surface area contributed by atoms with Gasteiger partial charge in [-0.15, -0.1) is 10.2 Å². The van der Waals surface area contributed by atoms with Crippen LogP contribution < -0.4 is 0 Å². The quantitative estimate of drug-likeness (QED) is 0.857. The number of β-amino-alcohol motifs (C(OH)–C–C–N with tert-alkyl or cyclic N) is 1. The molecule has 1 aliphatic heterocycles. The van der Waals surface area contributed by atoms with E-state index in [0.717, 1.165) is 26.2 Å². The molecule has 0 unspecified atom stereocenters. The lowest BCUT2D eigenvalue weighted by Gasteiger charge is -2.35. The van der Waals surface area contributed by atoms with E-state index in [4.69, 9.17) is 4.42 Å². The summed E-state index contributed by atoms with van der Waals surface area (Å²) in [5, 5.41) is 17.5. The van der Waals surface area contributed by atoms with Gasteiger partial charge in [-0.1, -0.05) is 0 Å². The number of hydrogen-bond acceptors (Lipinski definition) is 6. The maximum Gasteiger partial charge on any atom is 0.233 e. The molecule has 0 aliphatic carbocycles. The van der Waals surface area contributed by atoms with Crippen molar-refractivity contribution in [2.45, 2.75) is 45.8 Å². The highest BCUT2D eigenvalue weighted by molar-refractivity contribution is 4.88. The predicted octanol–water partition coefficient (Wildman–Crippen LogP) is 1.46. The average molecular weight is 296 g/mol. The number of likely N-dealkylation sites (tertiary alicyclic amines) is 1. The van der Waals surface area contributed by atoms with Crippen LogP contribution in [0.15, 0.2) is 4.42 Å². The lowest BCUT2D eigenvalue weighted by atomic mass is 9.95. The Bertz CT molecular complexity index is 427. The first-order valence-corrected chi connectivity index (χ1v) is 7.86. The number of rotatable bonds is 6. The summed E-state index contributed by atoms with van der Waals surface area (Å²) in [5.74, 6) is 2.02. The summed E-state index contributed by atoms with van der Waals surface area (Å²) in [6.07, 6.45) is 2.14. The highest BCUT2D eigenvalue weighted by Gasteiger charge is 2.24. The predicted molar refractivity (Wildman–Crippen MR) is 80.9 cm³/mol. The molecule has 0 aromatic carbocycles. The van der Waals surface area contributed by atoms with Crippen molar-refractivity contribution < 1.29 is 9.52 Å². The SMILES string of the molecule is Cc1nnc([C@@H](C)N(C)CC2CCN(C[C@H](C)O)CC2)o1. The Balaban J connectivity index is 1.77. The Hall–Kier alpha value is -0.980. The van der Waals surface area contributed by atoms with Gasteiger partial charge in [0.1, 0.15) is 0 Å². The zero-order valence-electron chi connectivity index (χ0n) is 13.6. The molecule has 1 fully saturated rings. The van der Waals surface area contributed by atoms with E-state index < -0.39 is 0 Å². The zero-order valence-corrected chi connectivity index (χ0v) is 13.6. The third-order valence-corrected chi connectivity index (χ3v) is 4.34. The van der Waals surface area contributed by atoms with Gasteiger partial charge in [0.2, 0.25) is 11.8 Å². The van der Waals surface area contributed by atoms with E-state index in [2.05, 4.69) is 34.0 Å². The van der Waals surface area contributed by atoms with Crippen LogP contribution in [-0.4, -0.2) is 64.4 Å². The fourth-order valence-electron chi connectivity index (χ4n) is 2.96. The molecule has 0 amide bonds. The topological polar surface area (TPSA) is 65.6 Å². The molecule has 1 aromatic heterocycles. The number of aliphatic hydroxyl groups excluding tert-OH is 1. The second kappa shape index (κ2) is 7.33.